The molecule has 4 heteroatoms. The number of amides is 1. The summed E-state index contributed by atoms with van der Waals surface area (Å²) < 4.78 is 13.2. The minimum atomic E-state index is -0.406. The second-order valence-electron chi connectivity index (χ2n) is 5.00. The summed E-state index contributed by atoms with van der Waals surface area (Å²) in [6, 6.07) is 12.1. The lowest BCUT2D eigenvalue weighted by molar-refractivity contribution is 0.0950. The maximum Gasteiger partial charge on any atom is 0.251 e. The first-order valence-electron chi connectivity index (χ1n) is 6.92. The van der Waals surface area contributed by atoms with Crippen LogP contribution in [0.5, 0.6) is 0 Å². The number of nitrogens with two attached hydrogens (primary N) is 1. The Balaban J connectivity index is 1.99. The zero-order valence-corrected chi connectivity index (χ0v) is 12.0. The molecule has 0 aliphatic rings. The summed E-state index contributed by atoms with van der Waals surface area (Å²) in [6.07, 6.45) is 0.842. The average molecular weight is 286 g/mol. The molecule has 0 saturated heterocycles. The van der Waals surface area contributed by atoms with Crippen molar-refractivity contribution in [1.29, 1.82) is 0 Å². The molecule has 0 spiro atoms. The number of benzene rings is 2. The molecular weight excluding hydrogens is 267 g/mol. The summed E-state index contributed by atoms with van der Waals surface area (Å²) in [5, 5.41) is 2.80. The van der Waals surface area contributed by atoms with Crippen LogP contribution in [0.15, 0.2) is 42.5 Å². The zero-order valence-electron chi connectivity index (χ0n) is 12.0. The van der Waals surface area contributed by atoms with Crippen molar-refractivity contribution in [3.63, 3.8) is 0 Å². The predicted molar refractivity (Wildman–Crippen MR) is 81.5 cm³/mol. The third-order valence-electron chi connectivity index (χ3n) is 3.35. The Morgan fingerprint density at radius 2 is 1.81 bits per heavy atom. The van der Waals surface area contributed by atoms with Crippen molar-refractivity contribution < 1.29 is 9.18 Å². The van der Waals surface area contributed by atoms with E-state index in [4.69, 9.17) is 5.73 Å². The van der Waals surface area contributed by atoms with Crippen LogP contribution in [-0.2, 0) is 13.0 Å². The molecule has 3 N–H and O–H groups in total. The lowest BCUT2D eigenvalue weighted by Gasteiger charge is -2.08. The van der Waals surface area contributed by atoms with Crippen molar-refractivity contribution in [3.8, 4) is 0 Å². The first kappa shape index (κ1) is 15.2. The molecule has 0 atom stereocenters. The fourth-order valence-electron chi connectivity index (χ4n) is 2.11. The van der Waals surface area contributed by atoms with Crippen molar-refractivity contribution >= 4 is 5.91 Å². The van der Waals surface area contributed by atoms with E-state index < -0.39 is 5.82 Å². The second kappa shape index (κ2) is 6.99. The number of rotatable bonds is 5. The minimum Gasteiger partial charge on any atom is -0.348 e. The van der Waals surface area contributed by atoms with Gasteiger partial charge < -0.3 is 11.1 Å². The standard InChI is InChI=1S/C17H19FN2O/c1-12-2-7-15(18)10-16(12)17(21)20-11-14-5-3-13(4-6-14)8-9-19/h2-7,10H,8-9,11,19H2,1H3,(H,20,21). The first-order chi connectivity index (χ1) is 10.1. The zero-order chi connectivity index (χ0) is 15.2. The van der Waals surface area contributed by atoms with Gasteiger partial charge in [-0.3, -0.25) is 4.79 Å². The smallest absolute Gasteiger partial charge is 0.251 e. The highest BCUT2D eigenvalue weighted by Crippen LogP contribution is 2.11. The fourth-order valence-corrected chi connectivity index (χ4v) is 2.11. The molecule has 110 valence electrons. The van der Waals surface area contributed by atoms with Gasteiger partial charge in [-0.15, -0.1) is 0 Å². The lowest BCUT2D eigenvalue weighted by atomic mass is 10.1. The quantitative estimate of drug-likeness (QED) is 0.887. The first-order valence-corrected chi connectivity index (χ1v) is 6.92. The molecule has 2 aromatic rings. The van der Waals surface area contributed by atoms with E-state index in [1.165, 1.54) is 17.7 Å². The number of hydrogen-bond donors (Lipinski definition) is 2. The Morgan fingerprint density at radius 3 is 2.48 bits per heavy atom. The van der Waals surface area contributed by atoms with Crippen LogP contribution >= 0.6 is 0 Å². The molecule has 21 heavy (non-hydrogen) atoms. The Morgan fingerprint density at radius 1 is 1.14 bits per heavy atom. The van der Waals surface area contributed by atoms with Gasteiger partial charge >= 0.3 is 0 Å². The van der Waals surface area contributed by atoms with Gasteiger partial charge in [0.15, 0.2) is 0 Å². The van der Waals surface area contributed by atoms with Crippen LogP contribution in [-0.4, -0.2) is 12.5 Å². The van der Waals surface area contributed by atoms with E-state index in [2.05, 4.69) is 5.32 Å². The van der Waals surface area contributed by atoms with Gasteiger partial charge in [-0.2, -0.15) is 0 Å². The van der Waals surface area contributed by atoms with Gasteiger partial charge in [0.2, 0.25) is 0 Å². The van der Waals surface area contributed by atoms with Crippen molar-refractivity contribution in [2.45, 2.75) is 19.9 Å². The Labute approximate surface area is 124 Å². The molecule has 0 saturated carbocycles. The molecule has 0 aliphatic heterocycles. The van der Waals surface area contributed by atoms with Crippen molar-refractivity contribution in [3.05, 3.63) is 70.5 Å². The molecular formula is C17H19FN2O. The molecule has 0 radical (unpaired) electrons. The van der Waals surface area contributed by atoms with E-state index in [1.807, 2.05) is 24.3 Å². The summed E-state index contributed by atoms with van der Waals surface area (Å²) in [6.45, 7) is 2.82. The topological polar surface area (TPSA) is 55.1 Å². The fraction of sp³-hybridized carbons (Fsp3) is 0.235. The van der Waals surface area contributed by atoms with Gasteiger partial charge in [-0.1, -0.05) is 30.3 Å². The summed E-state index contributed by atoms with van der Waals surface area (Å²) in [5.74, 6) is -0.671. The third kappa shape index (κ3) is 4.13. The van der Waals surface area contributed by atoms with E-state index >= 15 is 0 Å². The average Bonchev–Trinajstić information content (AvgIpc) is 2.49. The van der Waals surface area contributed by atoms with Gasteiger partial charge in [-0.25, -0.2) is 4.39 Å². The monoisotopic (exact) mass is 286 g/mol. The van der Waals surface area contributed by atoms with Crippen molar-refractivity contribution in [2.24, 2.45) is 5.73 Å². The molecule has 0 bridgehead atoms. The third-order valence-corrected chi connectivity index (χ3v) is 3.35. The molecule has 0 unspecified atom stereocenters. The SMILES string of the molecule is Cc1ccc(F)cc1C(=O)NCc1ccc(CCN)cc1. The van der Waals surface area contributed by atoms with Gasteiger partial charge in [0.05, 0.1) is 0 Å². The Kier molecular flexibility index (Phi) is 5.06. The van der Waals surface area contributed by atoms with E-state index in [0.29, 0.717) is 18.7 Å². The summed E-state index contributed by atoms with van der Waals surface area (Å²) in [4.78, 5) is 12.1. The Bertz CT molecular complexity index is 623. The molecule has 0 aliphatic carbocycles. The van der Waals surface area contributed by atoms with Crippen molar-refractivity contribution in [1.82, 2.24) is 5.32 Å². The van der Waals surface area contributed by atoms with Crippen LogP contribution < -0.4 is 11.1 Å². The van der Waals surface area contributed by atoms with Crippen LogP contribution in [0.25, 0.3) is 0 Å². The van der Waals surface area contributed by atoms with Crippen LogP contribution in [0, 0.1) is 12.7 Å². The number of carbonyl (C=O) groups excluding carboxylic acids is 1. The van der Waals surface area contributed by atoms with Crippen molar-refractivity contribution in [2.75, 3.05) is 6.54 Å². The molecule has 2 aromatic carbocycles. The largest absolute Gasteiger partial charge is 0.348 e. The summed E-state index contributed by atoms with van der Waals surface area (Å²) in [5.41, 5.74) is 8.80. The van der Waals surface area contributed by atoms with Crippen LogP contribution in [0.3, 0.4) is 0 Å². The molecule has 1 amide bonds. The van der Waals surface area contributed by atoms with E-state index in [-0.39, 0.29) is 5.91 Å². The maximum atomic E-state index is 13.2. The van der Waals surface area contributed by atoms with E-state index in [0.717, 1.165) is 17.5 Å². The molecule has 2 rings (SSSR count). The van der Waals surface area contributed by atoms with Crippen LogP contribution in [0.2, 0.25) is 0 Å². The second-order valence-corrected chi connectivity index (χ2v) is 5.00. The Hall–Kier alpha value is -2.20. The van der Waals surface area contributed by atoms with E-state index in [1.54, 1.807) is 13.0 Å². The van der Waals surface area contributed by atoms with Gasteiger partial charge in [0, 0.05) is 12.1 Å². The lowest BCUT2D eigenvalue weighted by Crippen LogP contribution is -2.23. The van der Waals surface area contributed by atoms with Gasteiger partial charge in [-0.05, 0) is 48.7 Å². The maximum absolute atomic E-state index is 13.2. The number of hydrogen-bond acceptors (Lipinski definition) is 2. The van der Waals surface area contributed by atoms with Gasteiger partial charge in [0.25, 0.3) is 5.91 Å². The number of carbonyl (C=O) groups is 1. The van der Waals surface area contributed by atoms with Crippen LogP contribution in [0.1, 0.15) is 27.0 Å². The van der Waals surface area contributed by atoms with E-state index in [9.17, 15) is 9.18 Å². The summed E-state index contributed by atoms with van der Waals surface area (Å²) in [7, 11) is 0. The molecule has 3 nitrogen and oxygen atoms in total. The molecule has 0 aromatic heterocycles. The predicted octanol–water partition coefficient (Wildman–Crippen LogP) is 2.57. The van der Waals surface area contributed by atoms with Crippen LogP contribution in [0.4, 0.5) is 4.39 Å². The normalized spacial score (nSPS) is 10.4. The molecule has 0 fully saturated rings. The number of aryl methyl sites for hydroxylation is 1. The highest BCUT2D eigenvalue weighted by molar-refractivity contribution is 5.95. The minimum absolute atomic E-state index is 0.266. The molecule has 0 heterocycles. The van der Waals surface area contributed by atoms with Gasteiger partial charge in [0.1, 0.15) is 5.82 Å². The number of nitrogens with one attached hydrogen (secondary N) is 1. The summed E-state index contributed by atoms with van der Waals surface area (Å²) >= 11 is 0. The number of halogens is 1. The highest BCUT2D eigenvalue weighted by atomic mass is 19.1. The highest BCUT2D eigenvalue weighted by Gasteiger charge is 2.09.